The summed E-state index contributed by atoms with van der Waals surface area (Å²) in [4.78, 5) is 10.2. The van der Waals surface area contributed by atoms with Crippen LogP contribution in [0.4, 0.5) is 4.79 Å². The van der Waals surface area contributed by atoms with Crippen molar-refractivity contribution in [2.24, 2.45) is 11.3 Å². The first-order valence-corrected chi connectivity index (χ1v) is 3.83. The van der Waals surface area contributed by atoms with E-state index in [1.54, 1.807) is 0 Å². The predicted octanol–water partition coefficient (Wildman–Crippen LogP) is 1.94. The summed E-state index contributed by atoms with van der Waals surface area (Å²) in [7, 11) is 0. The highest BCUT2D eigenvalue weighted by Gasteiger charge is 2.22. The number of rotatable bonds is 3. The molecule has 0 saturated heterocycles. The van der Waals surface area contributed by atoms with Crippen LogP contribution in [0.25, 0.3) is 0 Å². The number of amides is 1. The molecule has 0 fully saturated rings. The van der Waals surface area contributed by atoms with Gasteiger partial charge in [0, 0.05) is 6.54 Å². The highest BCUT2D eigenvalue weighted by atomic mass is 16.4. The van der Waals surface area contributed by atoms with Gasteiger partial charge in [0.15, 0.2) is 0 Å². The molecule has 1 amide bonds. The van der Waals surface area contributed by atoms with E-state index in [1.807, 2.05) is 13.8 Å². The Morgan fingerprint density at radius 2 is 2.00 bits per heavy atom. The van der Waals surface area contributed by atoms with Crippen molar-refractivity contribution in [1.29, 1.82) is 0 Å². The third-order valence-corrected chi connectivity index (χ3v) is 2.26. The first-order chi connectivity index (χ1) is 4.86. The fourth-order valence-electron chi connectivity index (χ4n) is 0.508. The van der Waals surface area contributed by atoms with Crippen LogP contribution in [-0.2, 0) is 0 Å². The summed E-state index contributed by atoms with van der Waals surface area (Å²) >= 11 is 0. The molecule has 11 heavy (non-hydrogen) atoms. The Kier molecular flexibility index (Phi) is 3.36. The summed E-state index contributed by atoms with van der Waals surface area (Å²) in [5.41, 5.74) is 0.0401. The molecule has 0 bridgehead atoms. The summed E-state index contributed by atoms with van der Waals surface area (Å²) in [5.74, 6) is 0.481. The van der Waals surface area contributed by atoms with Crippen molar-refractivity contribution in [2.75, 3.05) is 6.54 Å². The highest BCUT2D eigenvalue weighted by Crippen LogP contribution is 2.24. The molecule has 0 aliphatic carbocycles. The second kappa shape index (κ2) is 3.60. The van der Waals surface area contributed by atoms with Gasteiger partial charge < -0.3 is 10.4 Å². The molecule has 0 radical (unpaired) electrons. The van der Waals surface area contributed by atoms with E-state index in [-0.39, 0.29) is 5.41 Å². The van der Waals surface area contributed by atoms with Gasteiger partial charge in [-0.3, -0.25) is 0 Å². The maximum atomic E-state index is 10.2. The Labute approximate surface area is 67.8 Å². The molecular weight excluding hydrogens is 142 g/mol. The minimum absolute atomic E-state index is 0.0401. The smallest absolute Gasteiger partial charge is 0.404 e. The summed E-state index contributed by atoms with van der Waals surface area (Å²) in [5, 5.41) is 10.7. The molecule has 3 heteroatoms. The van der Waals surface area contributed by atoms with Gasteiger partial charge in [-0.15, -0.1) is 0 Å². The monoisotopic (exact) mass is 159 g/mol. The zero-order valence-corrected chi connectivity index (χ0v) is 7.64. The van der Waals surface area contributed by atoms with Gasteiger partial charge in [0.25, 0.3) is 0 Å². The third kappa shape index (κ3) is 3.86. The van der Waals surface area contributed by atoms with Gasteiger partial charge in [0.2, 0.25) is 0 Å². The lowest BCUT2D eigenvalue weighted by molar-refractivity contribution is 0.178. The second-order valence-corrected chi connectivity index (χ2v) is 3.80. The summed E-state index contributed by atoms with van der Waals surface area (Å²) < 4.78 is 0. The van der Waals surface area contributed by atoms with E-state index in [9.17, 15) is 4.79 Å². The molecule has 3 nitrogen and oxygen atoms in total. The SMILES string of the molecule is CC(C)C(C)(C)CNC(=O)O. The normalized spacial score (nSPS) is 11.7. The molecule has 0 aromatic heterocycles. The first kappa shape index (κ1) is 10.3. The molecule has 0 aliphatic heterocycles. The number of carboxylic acid groups (broad SMARTS) is 1. The first-order valence-electron chi connectivity index (χ1n) is 3.83. The molecule has 66 valence electrons. The van der Waals surface area contributed by atoms with Crippen LogP contribution in [-0.4, -0.2) is 17.7 Å². The van der Waals surface area contributed by atoms with Gasteiger partial charge in [0.1, 0.15) is 0 Å². The van der Waals surface area contributed by atoms with E-state index in [0.717, 1.165) is 0 Å². The molecule has 0 saturated carbocycles. The fourth-order valence-corrected chi connectivity index (χ4v) is 0.508. The Morgan fingerprint density at radius 3 is 2.27 bits per heavy atom. The number of hydrogen-bond acceptors (Lipinski definition) is 1. The van der Waals surface area contributed by atoms with Crippen molar-refractivity contribution in [2.45, 2.75) is 27.7 Å². The van der Waals surface area contributed by atoms with E-state index >= 15 is 0 Å². The maximum Gasteiger partial charge on any atom is 0.404 e. The minimum Gasteiger partial charge on any atom is -0.465 e. The average molecular weight is 159 g/mol. The Balaban J connectivity index is 3.82. The molecule has 2 N–H and O–H groups in total. The van der Waals surface area contributed by atoms with E-state index in [1.165, 1.54) is 0 Å². The van der Waals surface area contributed by atoms with E-state index in [2.05, 4.69) is 19.2 Å². The summed E-state index contributed by atoms with van der Waals surface area (Å²) in [6.45, 7) is 8.79. The van der Waals surface area contributed by atoms with Crippen LogP contribution in [0.1, 0.15) is 27.7 Å². The van der Waals surface area contributed by atoms with Crippen LogP contribution in [0.15, 0.2) is 0 Å². The maximum absolute atomic E-state index is 10.2. The van der Waals surface area contributed by atoms with Crippen molar-refractivity contribution in [3.05, 3.63) is 0 Å². The van der Waals surface area contributed by atoms with E-state index in [4.69, 9.17) is 5.11 Å². The topological polar surface area (TPSA) is 49.3 Å². The van der Waals surface area contributed by atoms with Crippen LogP contribution in [0.5, 0.6) is 0 Å². The summed E-state index contributed by atoms with van der Waals surface area (Å²) in [6.07, 6.45) is -0.946. The number of nitrogens with one attached hydrogen (secondary N) is 1. The third-order valence-electron chi connectivity index (χ3n) is 2.26. The Hall–Kier alpha value is -0.730. The lowest BCUT2D eigenvalue weighted by atomic mass is 9.81. The molecule has 0 unspecified atom stereocenters. The Morgan fingerprint density at radius 1 is 1.55 bits per heavy atom. The number of hydrogen-bond donors (Lipinski definition) is 2. The lowest BCUT2D eigenvalue weighted by Gasteiger charge is -2.28. The van der Waals surface area contributed by atoms with Gasteiger partial charge in [-0.05, 0) is 11.3 Å². The molecule has 0 spiro atoms. The van der Waals surface area contributed by atoms with Crippen molar-refractivity contribution in [3.8, 4) is 0 Å². The molecule has 0 atom stereocenters. The molecule has 0 rings (SSSR count). The molecule has 0 aromatic rings. The minimum atomic E-state index is -0.946. The van der Waals surface area contributed by atoms with Crippen LogP contribution < -0.4 is 5.32 Å². The lowest BCUT2D eigenvalue weighted by Crippen LogP contribution is -2.36. The van der Waals surface area contributed by atoms with Crippen LogP contribution >= 0.6 is 0 Å². The van der Waals surface area contributed by atoms with E-state index in [0.29, 0.717) is 12.5 Å². The van der Waals surface area contributed by atoms with Crippen LogP contribution in [0, 0.1) is 11.3 Å². The van der Waals surface area contributed by atoms with Gasteiger partial charge in [0.05, 0.1) is 0 Å². The quantitative estimate of drug-likeness (QED) is 0.661. The molecular formula is C8H17NO2. The summed E-state index contributed by atoms with van der Waals surface area (Å²) in [6, 6.07) is 0. The van der Waals surface area contributed by atoms with E-state index < -0.39 is 6.09 Å². The van der Waals surface area contributed by atoms with Crippen molar-refractivity contribution < 1.29 is 9.90 Å². The fraction of sp³-hybridized carbons (Fsp3) is 0.875. The van der Waals surface area contributed by atoms with Gasteiger partial charge in [-0.2, -0.15) is 0 Å². The van der Waals surface area contributed by atoms with Crippen molar-refractivity contribution in [3.63, 3.8) is 0 Å². The Bertz CT molecular complexity index is 141. The van der Waals surface area contributed by atoms with Crippen molar-refractivity contribution >= 4 is 6.09 Å². The van der Waals surface area contributed by atoms with Gasteiger partial charge >= 0.3 is 6.09 Å². The average Bonchev–Trinajstić information content (AvgIpc) is 1.84. The molecule has 0 heterocycles. The van der Waals surface area contributed by atoms with Crippen LogP contribution in [0.3, 0.4) is 0 Å². The predicted molar refractivity (Wildman–Crippen MR) is 44.6 cm³/mol. The van der Waals surface area contributed by atoms with Gasteiger partial charge in [-0.1, -0.05) is 27.7 Å². The standard InChI is InChI=1S/C8H17NO2/c1-6(2)8(3,4)5-9-7(10)11/h6,9H,5H2,1-4H3,(H,10,11). The number of carbonyl (C=O) groups is 1. The zero-order chi connectivity index (χ0) is 9.07. The largest absolute Gasteiger partial charge is 0.465 e. The van der Waals surface area contributed by atoms with Crippen molar-refractivity contribution in [1.82, 2.24) is 5.32 Å². The van der Waals surface area contributed by atoms with Crippen LogP contribution in [0.2, 0.25) is 0 Å². The highest BCUT2D eigenvalue weighted by molar-refractivity contribution is 5.64. The second-order valence-electron chi connectivity index (χ2n) is 3.80. The molecule has 0 aliphatic rings. The van der Waals surface area contributed by atoms with Gasteiger partial charge in [-0.25, -0.2) is 4.79 Å². The zero-order valence-electron chi connectivity index (χ0n) is 7.64. The molecule has 0 aromatic carbocycles.